The van der Waals surface area contributed by atoms with E-state index in [0.29, 0.717) is 18.5 Å². The van der Waals surface area contributed by atoms with E-state index in [1.807, 2.05) is 25.3 Å². The molecule has 0 amide bonds. The van der Waals surface area contributed by atoms with Crippen LogP contribution in [0.1, 0.15) is 11.3 Å². The Kier molecular flexibility index (Phi) is 3.01. The van der Waals surface area contributed by atoms with E-state index in [0.717, 1.165) is 11.4 Å². The molecule has 2 aromatic rings. The van der Waals surface area contributed by atoms with Gasteiger partial charge in [0, 0.05) is 11.8 Å². The minimum Gasteiger partial charge on any atom is -0.330 e. The average molecular weight is 219 g/mol. The number of halogens is 1. The molecular formula is C12H14FN3. The highest BCUT2D eigenvalue weighted by molar-refractivity contribution is 5.41. The van der Waals surface area contributed by atoms with Gasteiger partial charge in [-0.25, -0.2) is 9.07 Å². The van der Waals surface area contributed by atoms with Gasteiger partial charge in [0.2, 0.25) is 0 Å². The highest BCUT2D eigenvalue weighted by atomic mass is 19.1. The molecule has 0 aliphatic heterocycles. The van der Waals surface area contributed by atoms with Crippen LogP contribution in [0.3, 0.4) is 0 Å². The second-order valence-corrected chi connectivity index (χ2v) is 3.68. The van der Waals surface area contributed by atoms with Crippen LogP contribution < -0.4 is 5.73 Å². The number of nitrogens with two attached hydrogens (primary N) is 1. The van der Waals surface area contributed by atoms with Gasteiger partial charge >= 0.3 is 0 Å². The Morgan fingerprint density at radius 1 is 1.38 bits per heavy atom. The van der Waals surface area contributed by atoms with Crippen LogP contribution >= 0.6 is 0 Å². The van der Waals surface area contributed by atoms with Gasteiger partial charge in [0.05, 0.1) is 11.4 Å². The zero-order chi connectivity index (χ0) is 11.5. The summed E-state index contributed by atoms with van der Waals surface area (Å²) in [6.07, 6.45) is 2.34. The van der Waals surface area contributed by atoms with Crippen molar-refractivity contribution < 1.29 is 4.39 Å². The third-order valence-corrected chi connectivity index (χ3v) is 2.46. The molecule has 0 aliphatic carbocycles. The smallest absolute Gasteiger partial charge is 0.128 e. The summed E-state index contributed by atoms with van der Waals surface area (Å²) >= 11 is 0. The first kappa shape index (κ1) is 10.8. The fourth-order valence-electron chi connectivity index (χ4n) is 1.70. The molecule has 1 aromatic heterocycles. The van der Waals surface area contributed by atoms with Crippen LogP contribution in [-0.2, 0) is 6.42 Å². The van der Waals surface area contributed by atoms with Gasteiger partial charge in [-0.15, -0.1) is 0 Å². The summed E-state index contributed by atoms with van der Waals surface area (Å²) in [6.45, 7) is 2.33. The first-order valence-corrected chi connectivity index (χ1v) is 5.22. The molecule has 2 N–H and O–H groups in total. The van der Waals surface area contributed by atoms with Crippen LogP contribution in [0.2, 0.25) is 0 Å². The zero-order valence-electron chi connectivity index (χ0n) is 9.15. The lowest BCUT2D eigenvalue weighted by molar-refractivity contribution is 0.605. The molecule has 0 saturated carbocycles. The van der Waals surface area contributed by atoms with Gasteiger partial charge in [-0.3, -0.25) is 0 Å². The number of hydrogen-bond donors (Lipinski definition) is 1. The Balaban J connectivity index is 2.51. The number of hydrogen-bond acceptors (Lipinski definition) is 2. The monoisotopic (exact) mass is 219 g/mol. The molecule has 4 heteroatoms. The molecule has 0 fully saturated rings. The maximum Gasteiger partial charge on any atom is 0.128 e. The lowest BCUT2D eigenvalue weighted by Gasteiger charge is -2.09. The Bertz CT molecular complexity index is 491. The molecule has 16 heavy (non-hydrogen) atoms. The first-order valence-electron chi connectivity index (χ1n) is 5.22. The van der Waals surface area contributed by atoms with E-state index in [9.17, 15) is 4.39 Å². The van der Waals surface area contributed by atoms with E-state index >= 15 is 0 Å². The van der Waals surface area contributed by atoms with Crippen molar-refractivity contribution in [3.8, 4) is 5.69 Å². The van der Waals surface area contributed by atoms with E-state index in [4.69, 9.17) is 5.73 Å². The molecule has 0 atom stereocenters. The van der Waals surface area contributed by atoms with E-state index in [1.54, 1.807) is 10.7 Å². The summed E-state index contributed by atoms with van der Waals surface area (Å²) in [5, 5.41) is 4.27. The zero-order valence-corrected chi connectivity index (χ0v) is 9.15. The number of aryl methyl sites for hydroxylation is 1. The molecule has 1 aromatic carbocycles. The van der Waals surface area contributed by atoms with Gasteiger partial charge in [0.15, 0.2) is 0 Å². The Morgan fingerprint density at radius 3 is 2.81 bits per heavy atom. The third-order valence-electron chi connectivity index (χ3n) is 2.46. The predicted octanol–water partition coefficient (Wildman–Crippen LogP) is 1.82. The van der Waals surface area contributed by atoms with E-state index in [-0.39, 0.29) is 5.82 Å². The fraction of sp³-hybridized carbons (Fsp3) is 0.250. The fourth-order valence-corrected chi connectivity index (χ4v) is 1.70. The second kappa shape index (κ2) is 4.45. The van der Waals surface area contributed by atoms with Gasteiger partial charge in [-0.2, -0.15) is 5.10 Å². The molecule has 84 valence electrons. The molecule has 3 nitrogen and oxygen atoms in total. The predicted molar refractivity (Wildman–Crippen MR) is 61.0 cm³/mol. The lowest BCUT2D eigenvalue weighted by atomic mass is 10.1. The summed E-state index contributed by atoms with van der Waals surface area (Å²) < 4.78 is 15.3. The van der Waals surface area contributed by atoms with Crippen LogP contribution in [0.4, 0.5) is 4.39 Å². The summed E-state index contributed by atoms with van der Waals surface area (Å²) in [5.74, 6) is -0.226. The van der Waals surface area contributed by atoms with Crippen LogP contribution in [0.5, 0.6) is 0 Å². The van der Waals surface area contributed by atoms with Crippen LogP contribution in [0, 0.1) is 12.7 Å². The number of nitrogens with zero attached hydrogens (tertiary/aromatic N) is 2. The second-order valence-electron chi connectivity index (χ2n) is 3.68. The molecule has 0 radical (unpaired) electrons. The Labute approximate surface area is 93.7 Å². The summed E-state index contributed by atoms with van der Waals surface area (Å²) in [5.41, 5.74) is 7.77. The minimum atomic E-state index is -0.226. The van der Waals surface area contributed by atoms with E-state index in [2.05, 4.69) is 5.10 Å². The highest BCUT2D eigenvalue weighted by Gasteiger charge is 2.09. The van der Waals surface area contributed by atoms with Gasteiger partial charge in [-0.05, 0) is 38.1 Å². The normalized spacial score (nSPS) is 10.7. The maximum atomic E-state index is 13.6. The van der Waals surface area contributed by atoms with Crippen LogP contribution in [0.15, 0.2) is 30.5 Å². The molecule has 0 saturated heterocycles. The molecule has 0 bridgehead atoms. The van der Waals surface area contributed by atoms with Crippen molar-refractivity contribution in [1.29, 1.82) is 0 Å². The number of aromatic nitrogens is 2. The van der Waals surface area contributed by atoms with Gasteiger partial charge in [0.25, 0.3) is 0 Å². The van der Waals surface area contributed by atoms with E-state index in [1.165, 1.54) is 6.07 Å². The van der Waals surface area contributed by atoms with Crippen molar-refractivity contribution in [2.45, 2.75) is 13.3 Å². The van der Waals surface area contributed by atoms with Crippen molar-refractivity contribution in [3.63, 3.8) is 0 Å². The molecule has 1 heterocycles. The topological polar surface area (TPSA) is 43.8 Å². The number of rotatable bonds is 3. The molecule has 0 spiro atoms. The van der Waals surface area contributed by atoms with Crippen LogP contribution in [0.25, 0.3) is 5.69 Å². The van der Waals surface area contributed by atoms with Crippen molar-refractivity contribution in [2.75, 3.05) is 6.54 Å². The Hall–Kier alpha value is -1.68. The SMILES string of the molecule is Cc1ccn(-c2cccc(F)c2CCN)n1. The van der Waals surface area contributed by atoms with Crippen molar-refractivity contribution >= 4 is 0 Å². The van der Waals surface area contributed by atoms with Crippen molar-refractivity contribution in [2.24, 2.45) is 5.73 Å². The van der Waals surface area contributed by atoms with Gasteiger partial charge < -0.3 is 5.73 Å². The average Bonchev–Trinajstić information content (AvgIpc) is 2.68. The van der Waals surface area contributed by atoms with Gasteiger partial charge in [-0.1, -0.05) is 6.07 Å². The minimum absolute atomic E-state index is 0.226. The molecular weight excluding hydrogens is 205 g/mol. The standard InChI is InChI=1S/C12H14FN3/c1-9-6-8-16(15-9)12-4-2-3-11(13)10(12)5-7-14/h2-4,6,8H,5,7,14H2,1H3. The molecule has 0 aliphatic rings. The maximum absolute atomic E-state index is 13.6. The van der Waals surface area contributed by atoms with Crippen molar-refractivity contribution in [1.82, 2.24) is 9.78 Å². The quantitative estimate of drug-likeness (QED) is 0.855. The van der Waals surface area contributed by atoms with Gasteiger partial charge in [0.1, 0.15) is 5.82 Å². The van der Waals surface area contributed by atoms with E-state index < -0.39 is 0 Å². The molecule has 2 rings (SSSR count). The summed E-state index contributed by atoms with van der Waals surface area (Å²) in [7, 11) is 0. The summed E-state index contributed by atoms with van der Waals surface area (Å²) in [6, 6.07) is 6.87. The Morgan fingerprint density at radius 2 is 2.19 bits per heavy atom. The first-order chi connectivity index (χ1) is 7.72. The third kappa shape index (κ3) is 1.97. The van der Waals surface area contributed by atoms with Crippen LogP contribution in [-0.4, -0.2) is 16.3 Å². The number of benzene rings is 1. The molecule has 0 unspecified atom stereocenters. The lowest BCUT2D eigenvalue weighted by Crippen LogP contribution is -2.09. The highest BCUT2D eigenvalue weighted by Crippen LogP contribution is 2.18. The van der Waals surface area contributed by atoms with Crippen molar-refractivity contribution in [3.05, 3.63) is 47.5 Å². The largest absolute Gasteiger partial charge is 0.330 e. The summed E-state index contributed by atoms with van der Waals surface area (Å²) in [4.78, 5) is 0.